The fourth-order valence-electron chi connectivity index (χ4n) is 1.71. The Morgan fingerprint density at radius 1 is 1.59 bits per heavy atom. The quantitative estimate of drug-likeness (QED) is 0.872. The van der Waals surface area contributed by atoms with Crippen LogP contribution in [0.1, 0.15) is 23.2 Å². The van der Waals surface area contributed by atoms with Crippen molar-refractivity contribution in [1.82, 2.24) is 4.90 Å². The molecule has 0 bridgehead atoms. The minimum Gasteiger partial charge on any atom is -0.396 e. The lowest BCUT2D eigenvalue weighted by Gasteiger charge is -2.18. The summed E-state index contributed by atoms with van der Waals surface area (Å²) in [6.07, 6.45) is 2.37. The van der Waals surface area contributed by atoms with Crippen LogP contribution in [0.4, 0.5) is 10.1 Å². The maximum atomic E-state index is 13.2. The summed E-state index contributed by atoms with van der Waals surface area (Å²) in [6.45, 7) is 0.753. The molecule has 0 radical (unpaired) electrons. The van der Waals surface area contributed by atoms with Crippen molar-refractivity contribution < 1.29 is 9.18 Å². The first kappa shape index (κ1) is 12.4. The number of nitrogen functional groups attached to an aromatic ring is 1. The molecule has 1 fully saturated rings. The predicted octanol–water partition coefficient (Wildman–Crippen LogP) is 2.65. The Balaban J connectivity index is 2.20. The number of rotatable bonds is 3. The van der Waals surface area contributed by atoms with Crippen molar-refractivity contribution in [2.75, 3.05) is 19.3 Å². The Morgan fingerprint density at radius 2 is 2.24 bits per heavy atom. The van der Waals surface area contributed by atoms with Crippen LogP contribution in [0.5, 0.6) is 0 Å². The van der Waals surface area contributed by atoms with Crippen LogP contribution in [0.3, 0.4) is 0 Å². The molecular weight excluding hydrogens is 287 g/mol. The molecule has 0 heterocycles. The molecule has 1 aromatic carbocycles. The second-order valence-electron chi connectivity index (χ2n) is 4.48. The highest BCUT2D eigenvalue weighted by Crippen LogP contribution is 2.30. The highest BCUT2D eigenvalue weighted by Gasteiger charge is 2.26. The molecule has 2 rings (SSSR count). The fourth-order valence-corrected chi connectivity index (χ4v) is 2.19. The van der Waals surface area contributed by atoms with Gasteiger partial charge in [0.2, 0.25) is 0 Å². The van der Waals surface area contributed by atoms with Crippen LogP contribution in [0, 0.1) is 11.7 Å². The van der Waals surface area contributed by atoms with Gasteiger partial charge in [0.15, 0.2) is 0 Å². The Morgan fingerprint density at radius 3 is 2.82 bits per heavy atom. The lowest BCUT2D eigenvalue weighted by atomic mass is 10.1. The smallest absolute Gasteiger partial charge is 0.254 e. The van der Waals surface area contributed by atoms with Gasteiger partial charge in [0.25, 0.3) is 5.91 Å². The molecule has 1 saturated carbocycles. The summed E-state index contributed by atoms with van der Waals surface area (Å²) in [6, 6.07) is 2.61. The van der Waals surface area contributed by atoms with E-state index >= 15 is 0 Å². The van der Waals surface area contributed by atoms with Crippen LogP contribution in [0.25, 0.3) is 0 Å². The summed E-state index contributed by atoms with van der Waals surface area (Å²) in [5, 5.41) is 0. The van der Waals surface area contributed by atoms with Gasteiger partial charge in [0.1, 0.15) is 5.82 Å². The van der Waals surface area contributed by atoms with Gasteiger partial charge in [-0.25, -0.2) is 4.39 Å². The van der Waals surface area contributed by atoms with Gasteiger partial charge in [-0.1, -0.05) is 0 Å². The molecule has 1 aromatic rings. The highest BCUT2D eigenvalue weighted by molar-refractivity contribution is 9.10. The minimum atomic E-state index is -0.515. The molecular formula is C12H14BrFN2O. The Hall–Kier alpha value is -1.10. The molecule has 1 aliphatic rings. The number of hydrogen-bond donors (Lipinski definition) is 1. The van der Waals surface area contributed by atoms with E-state index in [1.165, 1.54) is 25.0 Å². The van der Waals surface area contributed by atoms with Gasteiger partial charge in [-0.3, -0.25) is 4.79 Å². The lowest BCUT2D eigenvalue weighted by Crippen LogP contribution is -2.29. The Kier molecular flexibility index (Phi) is 3.38. The molecule has 0 aromatic heterocycles. The van der Waals surface area contributed by atoms with Crippen molar-refractivity contribution >= 4 is 27.5 Å². The second-order valence-corrected chi connectivity index (χ2v) is 5.34. The lowest BCUT2D eigenvalue weighted by molar-refractivity contribution is 0.0788. The second kappa shape index (κ2) is 4.64. The summed E-state index contributed by atoms with van der Waals surface area (Å²) in [5.41, 5.74) is 5.88. The largest absolute Gasteiger partial charge is 0.396 e. The van der Waals surface area contributed by atoms with Gasteiger partial charge in [0, 0.05) is 18.1 Å². The Labute approximate surface area is 108 Å². The number of carbonyl (C=O) groups is 1. The molecule has 0 unspecified atom stereocenters. The normalized spacial score (nSPS) is 14.8. The van der Waals surface area contributed by atoms with Gasteiger partial charge in [-0.2, -0.15) is 0 Å². The summed E-state index contributed by atoms with van der Waals surface area (Å²) in [4.78, 5) is 13.8. The van der Waals surface area contributed by atoms with Crippen molar-refractivity contribution in [3.05, 3.63) is 28.0 Å². The van der Waals surface area contributed by atoms with Crippen molar-refractivity contribution in [2.45, 2.75) is 12.8 Å². The maximum Gasteiger partial charge on any atom is 0.254 e. The molecule has 5 heteroatoms. The zero-order valence-corrected chi connectivity index (χ0v) is 11.1. The highest BCUT2D eigenvalue weighted by atomic mass is 79.9. The van der Waals surface area contributed by atoms with Crippen LogP contribution >= 0.6 is 15.9 Å². The van der Waals surface area contributed by atoms with Gasteiger partial charge >= 0.3 is 0 Å². The van der Waals surface area contributed by atoms with E-state index in [-0.39, 0.29) is 11.6 Å². The van der Waals surface area contributed by atoms with Gasteiger partial charge in [-0.15, -0.1) is 0 Å². The number of nitrogens with two attached hydrogens (primary N) is 1. The fraction of sp³-hybridized carbons (Fsp3) is 0.417. The van der Waals surface area contributed by atoms with E-state index in [9.17, 15) is 9.18 Å². The first-order chi connectivity index (χ1) is 7.99. The third-order valence-corrected chi connectivity index (χ3v) is 3.55. The number of halogens is 2. The van der Waals surface area contributed by atoms with Gasteiger partial charge in [-0.05, 0) is 46.8 Å². The number of nitrogens with zero attached hydrogens (tertiary/aromatic N) is 1. The molecule has 92 valence electrons. The van der Waals surface area contributed by atoms with E-state index in [2.05, 4.69) is 15.9 Å². The van der Waals surface area contributed by atoms with E-state index in [4.69, 9.17) is 5.73 Å². The van der Waals surface area contributed by atoms with E-state index in [0.29, 0.717) is 16.0 Å². The SMILES string of the molecule is CN(CC1CC1)C(=O)c1cc(N)c(F)cc1Br. The molecule has 17 heavy (non-hydrogen) atoms. The van der Waals surface area contributed by atoms with Crippen molar-refractivity contribution in [3.8, 4) is 0 Å². The standard InChI is InChI=1S/C12H14BrFN2O/c1-16(6-7-2-3-7)12(17)8-4-11(15)10(14)5-9(8)13/h4-5,7H,2-3,6,15H2,1H3. The zero-order valence-electron chi connectivity index (χ0n) is 9.54. The van der Waals surface area contributed by atoms with Crippen LogP contribution in [0.15, 0.2) is 16.6 Å². The molecule has 0 aliphatic heterocycles. The van der Waals surface area contributed by atoms with E-state index < -0.39 is 5.82 Å². The predicted molar refractivity (Wildman–Crippen MR) is 68.2 cm³/mol. The van der Waals surface area contributed by atoms with Crippen LogP contribution in [-0.4, -0.2) is 24.4 Å². The number of anilines is 1. The topological polar surface area (TPSA) is 46.3 Å². The molecule has 3 nitrogen and oxygen atoms in total. The average molecular weight is 301 g/mol. The molecule has 1 amide bonds. The summed E-state index contributed by atoms with van der Waals surface area (Å²) < 4.78 is 13.6. The summed E-state index contributed by atoms with van der Waals surface area (Å²) in [7, 11) is 1.76. The van der Waals surface area contributed by atoms with Crippen molar-refractivity contribution in [1.29, 1.82) is 0 Å². The average Bonchev–Trinajstić information content (AvgIpc) is 3.06. The molecule has 0 atom stereocenters. The first-order valence-corrected chi connectivity index (χ1v) is 6.28. The van der Waals surface area contributed by atoms with E-state index in [1.807, 2.05) is 0 Å². The molecule has 0 saturated heterocycles. The van der Waals surface area contributed by atoms with Crippen molar-refractivity contribution in [3.63, 3.8) is 0 Å². The van der Waals surface area contributed by atoms with Crippen LogP contribution in [0.2, 0.25) is 0 Å². The van der Waals surface area contributed by atoms with Gasteiger partial charge < -0.3 is 10.6 Å². The Bertz CT molecular complexity index is 460. The third-order valence-electron chi connectivity index (χ3n) is 2.89. The maximum absolute atomic E-state index is 13.2. The third kappa shape index (κ3) is 2.77. The number of carbonyl (C=O) groups excluding carboxylic acids is 1. The first-order valence-electron chi connectivity index (χ1n) is 5.49. The van der Waals surface area contributed by atoms with Crippen molar-refractivity contribution in [2.24, 2.45) is 5.92 Å². The monoisotopic (exact) mass is 300 g/mol. The number of benzene rings is 1. The van der Waals surface area contributed by atoms with Crippen LogP contribution in [-0.2, 0) is 0 Å². The molecule has 2 N–H and O–H groups in total. The van der Waals surface area contributed by atoms with E-state index in [1.54, 1.807) is 11.9 Å². The minimum absolute atomic E-state index is 0.00336. The number of hydrogen-bond acceptors (Lipinski definition) is 2. The number of amides is 1. The van der Waals surface area contributed by atoms with Gasteiger partial charge in [0.05, 0.1) is 11.3 Å². The zero-order chi connectivity index (χ0) is 12.6. The van der Waals surface area contributed by atoms with E-state index in [0.717, 1.165) is 6.54 Å². The summed E-state index contributed by atoms with van der Waals surface area (Å²) >= 11 is 3.19. The molecule has 1 aliphatic carbocycles. The van der Waals surface area contributed by atoms with Crippen LogP contribution < -0.4 is 5.73 Å². The molecule has 0 spiro atoms. The summed E-state index contributed by atoms with van der Waals surface area (Å²) in [5.74, 6) is -0.0192.